The molecule has 0 saturated carbocycles. The Morgan fingerprint density at radius 3 is 2.12 bits per heavy atom. The first-order valence-corrected chi connectivity index (χ1v) is 5.78. The van der Waals surface area contributed by atoms with Gasteiger partial charge >= 0.3 is 5.97 Å². The summed E-state index contributed by atoms with van der Waals surface area (Å²) in [4.78, 5) is 22.8. The number of carboxylic acids is 1. The molecule has 0 saturated heterocycles. The second-order valence-corrected chi connectivity index (χ2v) is 4.45. The molecule has 0 aliphatic heterocycles. The number of hydrogen-bond acceptors (Lipinski definition) is 2. The van der Waals surface area contributed by atoms with Gasteiger partial charge in [-0.3, -0.25) is 9.59 Å². The first-order chi connectivity index (χ1) is 7.93. The molecular weight excluding hydrogens is 216 g/mol. The van der Waals surface area contributed by atoms with Gasteiger partial charge in [-0.2, -0.15) is 0 Å². The third-order valence-electron chi connectivity index (χ3n) is 2.82. The van der Waals surface area contributed by atoms with E-state index in [0.29, 0.717) is 12.0 Å². The molecule has 1 aromatic rings. The highest BCUT2D eigenvalue weighted by molar-refractivity contribution is 5.98. The van der Waals surface area contributed by atoms with Crippen molar-refractivity contribution in [1.29, 1.82) is 0 Å². The van der Waals surface area contributed by atoms with Crippen LogP contribution >= 0.6 is 0 Å². The number of aryl methyl sites for hydroxylation is 2. The maximum Gasteiger partial charge on any atom is 0.306 e. The van der Waals surface area contributed by atoms with Gasteiger partial charge in [-0.15, -0.1) is 0 Å². The third-order valence-corrected chi connectivity index (χ3v) is 2.82. The lowest BCUT2D eigenvalue weighted by Gasteiger charge is -2.09. The first-order valence-electron chi connectivity index (χ1n) is 5.78. The maximum atomic E-state index is 12.0. The van der Waals surface area contributed by atoms with E-state index in [1.54, 1.807) is 6.92 Å². The summed E-state index contributed by atoms with van der Waals surface area (Å²) in [6.45, 7) is 5.64. The van der Waals surface area contributed by atoms with Crippen LogP contribution in [0.25, 0.3) is 0 Å². The van der Waals surface area contributed by atoms with E-state index in [9.17, 15) is 9.59 Å². The molecular formula is C14H18O3. The number of rotatable bonds is 5. The second-order valence-electron chi connectivity index (χ2n) is 4.45. The third kappa shape index (κ3) is 3.70. The van der Waals surface area contributed by atoms with Crippen molar-refractivity contribution >= 4 is 11.8 Å². The van der Waals surface area contributed by atoms with Crippen molar-refractivity contribution in [2.45, 2.75) is 33.6 Å². The summed E-state index contributed by atoms with van der Waals surface area (Å²) < 4.78 is 0. The Labute approximate surface area is 101 Å². The summed E-state index contributed by atoms with van der Waals surface area (Å²) in [7, 11) is 0. The molecule has 1 aromatic carbocycles. The van der Waals surface area contributed by atoms with Gasteiger partial charge in [0, 0.05) is 12.0 Å². The SMILES string of the molecule is CCC(CC(=O)c1cc(C)cc(C)c1)C(=O)O. The zero-order valence-electron chi connectivity index (χ0n) is 10.5. The van der Waals surface area contributed by atoms with Gasteiger partial charge in [0.2, 0.25) is 0 Å². The van der Waals surface area contributed by atoms with Gasteiger partial charge in [-0.25, -0.2) is 0 Å². The fraction of sp³-hybridized carbons (Fsp3) is 0.429. The van der Waals surface area contributed by atoms with E-state index < -0.39 is 11.9 Å². The minimum Gasteiger partial charge on any atom is -0.481 e. The van der Waals surface area contributed by atoms with Gasteiger partial charge in [0.1, 0.15) is 0 Å². The Kier molecular flexibility index (Phi) is 4.44. The second kappa shape index (κ2) is 5.62. The summed E-state index contributed by atoms with van der Waals surface area (Å²) in [5.41, 5.74) is 2.66. The maximum absolute atomic E-state index is 12.0. The van der Waals surface area contributed by atoms with Gasteiger partial charge < -0.3 is 5.11 Å². The number of carbonyl (C=O) groups excluding carboxylic acids is 1. The molecule has 0 radical (unpaired) electrons. The van der Waals surface area contributed by atoms with E-state index in [4.69, 9.17) is 5.11 Å². The van der Waals surface area contributed by atoms with E-state index in [0.717, 1.165) is 11.1 Å². The lowest BCUT2D eigenvalue weighted by molar-refractivity contribution is -0.141. The van der Waals surface area contributed by atoms with Crippen molar-refractivity contribution in [2.75, 3.05) is 0 Å². The summed E-state index contributed by atoms with van der Waals surface area (Å²) in [5.74, 6) is -1.57. The van der Waals surface area contributed by atoms with Crippen LogP contribution in [-0.2, 0) is 4.79 Å². The average molecular weight is 234 g/mol. The van der Waals surface area contributed by atoms with Gasteiger partial charge in [0.15, 0.2) is 5.78 Å². The van der Waals surface area contributed by atoms with Gasteiger partial charge in [-0.05, 0) is 32.4 Å². The molecule has 0 bridgehead atoms. The van der Waals surface area contributed by atoms with E-state index in [-0.39, 0.29) is 12.2 Å². The summed E-state index contributed by atoms with van der Waals surface area (Å²) in [5, 5.41) is 8.93. The van der Waals surface area contributed by atoms with Crippen LogP contribution in [0.5, 0.6) is 0 Å². The zero-order valence-corrected chi connectivity index (χ0v) is 10.5. The first kappa shape index (κ1) is 13.4. The van der Waals surface area contributed by atoms with Crippen LogP contribution in [0, 0.1) is 19.8 Å². The molecule has 0 aliphatic rings. The molecule has 3 nitrogen and oxygen atoms in total. The van der Waals surface area contributed by atoms with Crippen LogP contribution < -0.4 is 0 Å². The number of ketones is 1. The van der Waals surface area contributed by atoms with E-state index in [1.807, 2.05) is 32.0 Å². The summed E-state index contributed by atoms with van der Waals surface area (Å²) in [6.07, 6.45) is 0.556. The number of hydrogen-bond donors (Lipinski definition) is 1. The molecule has 0 spiro atoms. The van der Waals surface area contributed by atoms with Gasteiger partial charge in [-0.1, -0.05) is 24.1 Å². The minimum absolute atomic E-state index is 0.0781. The van der Waals surface area contributed by atoms with Crippen molar-refractivity contribution in [3.63, 3.8) is 0 Å². The molecule has 1 atom stereocenters. The monoisotopic (exact) mass is 234 g/mol. The van der Waals surface area contributed by atoms with Crippen molar-refractivity contribution in [2.24, 2.45) is 5.92 Å². The number of carbonyl (C=O) groups is 2. The molecule has 92 valence electrons. The number of benzene rings is 1. The molecule has 0 amide bonds. The molecule has 3 heteroatoms. The van der Waals surface area contributed by atoms with Crippen LogP contribution in [0.15, 0.2) is 18.2 Å². The van der Waals surface area contributed by atoms with Crippen molar-refractivity contribution < 1.29 is 14.7 Å². The van der Waals surface area contributed by atoms with Gasteiger partial charge in [0.05, 0.1) is 5.92 Å². The Morgan fingerprint density at radius 2 is 1.71 bits per heavy atom. The molecule has 1 unspecified atom stereocenters. The Balaban J connectivity index is 2.86. The quantitative estimate of drug-likeness (QED) is 0.797. The predicted molar refractivity (Wildman–Crippen MR) is 66.3 cm³/mol. The zero-order chi connectivity index (χ0) is 13.0. The van der Waals surface area contributed by atoms with Crippen molar-refractivity contribution in [3.8, 4) is 0 Å². The van der Waals surface area contributed by atoms with Crippen LogP contribution in [0.2, 0.25) is 0 Å². The standard InChI is InChI=1S/C14H18O3/c1-4-11(14(16)17)8-13(15)12-6-9(2)5-10(3)7-12/h5-7,11H,4,8H2,1-3H3,(H,16,17). The highest BCUT2D eigenvalue weighted by Crippen LogP contribution is 2.16. The van der Waals surface area contributed by atoms with E-state index in [2.05, 4.69) is 0 Å². The number of Topliss-reactive ketones (excluding diaryl/α,β-unsaturated/α-hetero) is 1. The minimum atomic E-state index is -0.898. The molecule has 1 N–H and O–H groups in total. The number of carboxylic acid groups (broad SMARTS) is 1. The van der Waals surface area contributed by atoms with Crippen LogP contribution in [0.3, 0.4) is 0 Å². The van der Waals surface area contributed by atoms with E-state index in [1.165, 1.54) is 0 Å². The Hall–Kier alpha value is -1.64. The molecule has 0 aliphatic carbocycles. The van der Waals surface area contributed by atoms with Crippen molar-refractivity contribution in [1.82, 2.24) is 0 Å². The molecule has 0 fully saturated rings. The summed E-state index contributed by atoms with van der Waals surface area (Å²) in [6, 6.07) is 5.61. The average Bonchev–Trinajstić information content (AvgIpc) is 2.23. The lowest BCUT2D eigenvalue weighted by Crippen LogP contribution is -2.17. The van der Waals surface area contributed by atoms with Gasteiger partial charge in [0.25, 0.3) is 0 Å². The molecule has 17 heavy (non-hydrogen) atoms. The Bertz CT molecular complexity index is 415. The highest BCUT2D eigenvalue weighted by Gasteiger charge is 2.20. The lowest BCUT2D eigenvalue weighted by atomic mass is 9.94. The van der Waals surface area contributed by atoms with E-state index >= 15 is 0 Å². The smallest absolute Gasteiger partial charge is 0.306 e. The molecule has 0 aromatic heterocycles. The molecule has 1 rings (SSSR count). The predicted octanol–water partition coefficient (Wildman–Crippen LogP) is 2.99. The summed E-state index contributed by atoms with van der Waals surface area (Å²) >= 11 is 0. The molecule has 0 heterocycles. The van der Waals surface area contributed by atoms with Crippen molar-refractivity contribution in [3.05, 3.63) is 34.9 Å². The number of aliphatic carboxylic acids is 1. The highest BCUT2D eigenvalue weighted by atomic mass is 16.4. The fourth-order valence-corrected chi connectivity index (χ4v) is 1.88. The normalized spacial score (nSPS) is 12.2. The van der Waals surface area contributed by atoms with Crippen LogP contribution in [0.4, 0.5) is 0 Å². The fourth-order valence-electron chi connectivity index (χ4n) is 1.88. The largest absolute Gasteiger partial charge is 0.481 e. The van der Waals surface area contributed by atoms with Crippen LogP contribution in [0.1, 0.15) is 41.3 Å². The Morgan fingerprint density at radius 1 is 1.18 bits per heavy atom. The topological polar surface area (TPSA) is 54.4 Å². The van der Waals surface area contributed by atoms with Crippen LogP contribution in [-0.4, -0.2) is 16.9 Å².